The number of allylic oxidation sites excluding steroid dienone is 1. The highest BCUT2D eigenvalue weighted by Crippen LogP contribution is 2.27. The smallest absolute Gasteiger partial charge is 0.184 e. The van der Waals surface area contributed by atoms with E-state index in [-0.39, 0.29) is 5.78 Å². The first-order valence-electron chi connectivity index (χ1n) is 3.65. The SMILES string of the molecule is CC(=O)C(C)=Cc1cc(Br)c(Br)o1. The Labute approximate surface area is 93.3 Å². The second kappa shape index (κ2) is 4.24. The molecule has 1 aromatic heterocycles. The van der Waals surface area contributed by atoms with Gasteiger partial charge in [0.15, 0.2) is 10.5 Å². The van der Waals surface area contributed by atoms with Crippen LogP contribution in [0.5, 0.6) is 0 Å². The summed E-state index contributed by atoms with van der Waals surface area (Å²) in [6.07, 6.45) is 1.71. The molecule has 0 saturated carbocycles. The van der Waals surface area contributed by atoms with E-state index in [9.17, 15) is 4.79 Å². The normalized spacial score (nSPS) is 11.8. The second-order valence-electron chi connectivity index (χ2n) is 2.65. The van der Waals surface area contributed by atoms with Gasteiger partial charge in [0.2, 0.25) is 0 Å². The van der Waals surface area contributed by atoms with E-state index in [2.05, 4.69) is 31.9 Å². The third kappa shape index (κ3) is 2.81. The van der Waals surface area contributed by atoms with E-state index in [1.807, 2.05) is 0 Å². The van der Waals surface area contributed by atoms with E-state index in [0.717, 1.165) is 4.47 Å². The molecule has 0 aliphatic heterocycles. The molecule has 0 atom stereocenters. The van der Waals surface area contributed by atoms with E-state index in [1.165, 1.54) is 6.92 Å². The zero-order valence-corrected chi connectivity index (χ0v) is 10.4. The van der Waals surface area contributed by atoms with Gasteiger partial charge >= 0.3 is 0 Å². The summed E-state index contributed by atoms with van der Waals surface area (Å²) in [4.78, 5) is 10.9. The topological polar surface area (TPSA) is 30.2 Å². The van der Waals surface area contributed by atoms with Crippen molar-refractivity contribution in [3.8, 4) is 0 Å². The van der Waals surface area contributed by atoms with E-state index >= 15 is 0 Å². The first-order chi connectivity index (χ1) is 6.00. The van der Waals surface area contributed by atoms with Crippen molar-refractivity contribution >= 4 is 43.7 Å². The Balaban J connectivity index is 2.98. The van der Waals surface area contributed by atoms with E-state index in [0.29, 0.717) is 16.0 Å². The summed E-state index contributed by atoms with van der Waals surface area (Å²) in [7, 11) is 0. The fourth-order valence-corrected chi connectivity index (χ4v) is 1.36. The lowest BCUT2D eigenvalue weighted by atomic mass is 10.2. The van der Waals surface area contributed by atoms with Crippen molar-refractivity contribution in [2.45, 2.75) is 13.8 Å². The molecule has 2 nitrogen and oxygen atoms in total. The standard InChI is InChI=1S/C9H8Br2O2/c1-5(6(2)12)3-7-4-8(10)9(11)13-7/h3-4H,1-2H3. The number of ketones is 1. The van der Waals surface area contributed by atoms with E-state index in [4.69, 9.17) is 4.42 Å². The van der Waals surface area contributed by atoms with Gasteiger partial charge < -0.3 is 4.42 Å². The number of halogens is 2. The predicted molar refractivity (Wildman–Crippen MR) is 58.4 cm³/mol. The molecular formula is C9H8Br2O2. The lowest BCUT2D eigenvalue weighted by Gasteiger charge is -1.90. The molecule has 0 fully saturated rings. The van der Waals surface area contributed by atoms with Crippen molar-refractivity contribution in [1.29, 1.82) is 0 Å². The van der Waals surface area contributed by atoms with Gasteiger partial charge in [0.1, 0.15) is 5.76 Å². The quantitative estimate of drug-likeness (QED) is 0.778. The Hall–Kier alpha value is -0.350. The molecule has 1 aromatic rings. The van der Waals surface area contributed by atoms with Gasteiger partial charge in [-0.1, -0.05) is 0 Å². The number of Topliss-reactive ketones (excluding diaryl/α,β-unsaturated/α-hetero) is 1. The number of hydrogen-bond acceptors (Lipinski definition) is 2. The van der Waals surface area contributed by atoms with Crippen molar-refractivity contribution in [2.75, 3.05) is 0 Å². The fraction of sp³-hybridized carbons (Fsp3) is 0.222. The van der Waals surface area contributed by atoms with Crippen molar-refractivity contribution in [3.63, 3.8) is 0 Å². The minimum Gasteiger partial charge on any atom is -0.449 e. The van der Waals surface area contributed by atoms with Crippen LogP contribution in [0.2, 0.25) is 0 Å². The third-order valence-corrected chi connectivity index (χ3v) is 3.29. The molecule has 0 aliphatic rings. The predicted octanol–water partition coefficient (Wildman–Crippen LogP) is 3.80. The molecule has 1 rings (SSSR count). The third-order valence-electron chi connectivity index (χ3n) is 1.58. The number of furan rings is 1. The van der Waals surface area contributed by atoms with Gasteiger partial charge in [-0.2, -0.15) is 0 Å². The van der Waals surface area contributed by atoms with Crippen molar-refractivity contribution in [1.82, 2.24) is 0 Å². The van der Waals surface area contributed by atoms with Crippen LogP contribution in [0.25, 0.3) is 6.08 Å². The molecule has 0 bridgehead atoms. The van der Waals surface area contributed by atoms with E-state index < -0.39 is 0 Å². The highest BCUT2D eigenvalue weighted by molar-refractivity contribution is 9.13. The molecule has 0 aliphatic carbocycles. The lowest BCUT2D eigenvalue weighted by Crippen LogP contribution is -1.89. The Morgan fingerprint density at radius 3 is 2.46 bits per heavy atom. The average Bonchev–Trinajstić information content (AvgIpc) is 2.31. The molecule has 0 amide bonds. The average molecular weight is 308 g/mol. The van der Waals surface area contributed by atoms with Gasteiger partial charge in [0, 0.05) is 0 Å². The molecule has 0 spiro atoms. The first-order valence-corrected chi connectivity index (χ1v) is 5.23. The van der Waals surface area contributed by atoms with Crippen LogP contribution in [0.1, 0.15) is 19.6 Å². The first kappa shape index (κ1) is 10.7. The van der Waals surface area contributed by atoms with Crippen LogP contribution < -0.4 is 0 Å². The van der Waals surface area contributed by atoms with Crippen LogP contribution in [0.15, 0.2) is 25.2 Å². The Morgan fingerprint density at radius 2 is 2.08 bits per heavy atom. The highest BCUT2D eigenvalue weighted by atomic mass is 79.9. The van der Waals surface area contributed by atoms with Gasteiger partial charge in [-0.25, -0.2) is 0 Å². The molecule has 0 saturated heterocycles. The van der Waals surface area contributed by atoms with Crippen LogP contribution in [0.3, 0.4) is 0 Å². The largest absolute Gasteiger partial charge is 0.449 e. The molecule has 0 aromatic carbocycles. The van der Waals surface area contributed by atoms with Crippen LogP contribution in [0.4, 0.5) is 0 Å². The number of rotatable bonds is 2. The fourth-order valence-electron chi connectivity index (χ4n) is 0.749. The van der Waals surface area contributed by atoms with Gasteiger partial charge in [-0.05, 0) is 63.4 Å². The summed E-state index contributed by atoms with van der Waals surface area (Å²) in [5, 5.41) is 0. The van der Waals surface area contributed by atoms with Crippen LogP contribution >= 0.6 is 31.9 Å². The summed E-state index contributed by atoms with van der Waals surface area (Å²) in [5.74, 6) is 0.704. The lowest BCUT2D eigenvalue weighted by molar-refractivity contribution is -0.113. The van der Waals surface area contributed by atoms with Crippen LogP contribution in [-0.4, -0.2) is 5.78 Å². The number of carbonyl (C=O) groups excluding carboxylic acids is 1. The minimum atomic E-state index is 0.0450. The van der Waals surface area contributed by atoms with Gasteiger partial charge in [-0.3, -0.25) is 4.79 Å². The Morgan fingerprint density at radius 1 is 1.46 bits per heavy atom. The monoisotopic (exact) mass is 306 g/mol. The van der Waals surface area contributed by atoms with Gasteiger partial charge in [0.25, 0.3) is 0 Å². The van der Waals surface area contributed by atoms with Crippen molar-refractivity contribution < 1.29 is 9.21 Å². The summed E-state index contributed by atoms with van der Waals surface area (Å²) in [6.45, 7) is 3.28. The van der Waals surface area contributed by atoms with Crippen LogP contribution in [-0.2, 0) is 4.79 Å². The summed E-state index contributed by atoms with van der Waals surface area (Å²) in [5.41, 5.74) is 0.675. The maximum atomic E-state index is 10.9. The van der Waals surface area contributed by atoms with Gasteiger partial charge in [0.05, 0.1) is 4.47 Å². The molecule has 0 unspecified atom stereocenters. The summed E-state index contributed by atoms with van der Waals surface area (Å²) in [6, 6.07) is 1.80. The molecule has 70 valence electrons. The molecule has 0 radical (unpaired) electrons. The summed E-state index contributed by atoms with van der Waals surface area (Å²) >= 11 is 6.50. The van der Waals surface area contributed by atoms with Crippen molar-refractivity contribution in [3.05, 3.63) is 26.5 Å². The zero-order chi connectivity index (χ0) is 10.0. The molecular weight excluding hydrogens is 300 g/mol. The van der Waals surface area contributed by atoms with Crippen molar-refractivity contribution in [2.24, 2.45) is 0 Å². The highest BCUT2D eigenvalue weighted by Gasteiger charge is 2.05. The maximum absolute atomic E-state index is 10.9. The second-order valence-corrected chi connectivity index (χ2v) is 4.23. The number of carbonyl (C=O) groups is 1. The molecule has 13 heavy (non-hydrogen) atoms. The minimum absolute atomic E-state index is 0.0450. The molecule has 0 N–H and O–H groups in total. The van der Waals surface area contributed by atoms with E-state index in [1.54, 1.807) is 19.1 Å². The summed E-state index contributed by atoms with van der Waals surface area (Å²) < 4.78 is 6.75. The zero-order valence-electron chi connectivity index (χ0n) is 7.23. The molecule has 1 heterocycles. The van der Waals surface area contributed by atoms with Crippen LogP contribution in [0, 0.1) is 0 Å². The Bertz CT molecular complexity index is 344. The van der Waals surface area contributed by atoms with Gasteiger partial charge in [-0.15, -0.1) is 0 Å². The maximum Gasteiger partial charge on any atom is 0.184 e. The number of hydrogen-bond donors (Lipinski definition) is 0. The Kier molecular flexibility index (Phi) is 3.50. The molecule has 4 heteroatoms.